The molecule has 3 nitrogen and oxygen atoms in total. The quantitative estimate of drug-likeness (QED) is 0.855. The number of aromatic nitrogens is 1. The Balaban J connectivity index is 2.08. The van der Waals surface area contributed by atoms with Gasteiger partial charge in [-0.25, -0.2) is 8.78 Å². The van der Waals surface area contributed by atoms with E-state index in [-0.39, 0.29) is 0 Å². The van der Waals surface area contributed by atoms with Crippen molar-refractivity contribution in [3.05, 3.63) is 42.1 Å². The fourth-order valence-corrected chi connectivity index (χ4v) is 1.75. The third-order valence-electron chi connectivity index (χ3n) is 2.67. The van der Waals surface area contributed by atoms with Crippen molar-refractivity contribution in [1.82, 2.24) is 10.3 Å². The number of rotatable bonds is 5. The first-order valence-corrected chi connectivity index (χ1v) is 5.64. The third-order valence-corrected chi connectivity index (χ3v) is 2.67. The summed E-state index contributed by atoms with van der Waals surface area (Å²) in [4.78, 5) is 4.20. The molecule has 0 aliphatic carbocycles. The smallest absolute Gasteiger partial charge is 0.282 e. The van der Waals surface area contributed by atoms with E-state index in [4.69, 9.17) is 5.11 Å². The zero-order valence-corrected chi connectivity index (χ0v) is 9.74. The Bertz CT molecular complexity index is 526. The Morgan fingerprint density at radius 1 is 1.22 bits per heavy atom. The summed E-state index contributed by atoms with van der Waals surface area (Å²) < 4.78 is 25.7. The van der Waals surface area contributed by atoms with Crippen molar-refractivity contribution in [3.63, 3.8) is 0 Å². The lowest BCUT2D eigenvalue weighted by Crippen LogP contribution is -2.35. The van der Waals surface area contributed by atoms with Crippen LogP contribution >= 0.6 is 0 Å². The van der Waals surface area contributed by atoms with Gasteiger partial charge in [-0.05, 0) is 17.7 Å². The zero-order chi connectivity index (χ0) is 13.0. The molecule has 2 N–H and O–H groups in total. The van der Waals surface area contributed by atoms with Gasteiger partial charge in [0.15, 0.2) is 0 Å². The van der Waals surface area contributed by atoms with Crippen LogP contribution in [0.25, 0.3) is 10.9 Å². The van der Waals surface area contributed by atoms with E-state index in [9.17, 15) is 8.78 Å². The first kappa shape index (κ1) is 12.9. The molecule has 0 radical (unpaired) electrons. The number of nitrogens with one attached hydrogen (secondary N) is 1. The average molecular weight is 252 g/mol. The molecule has 2 aromatic rings. The van der Waals surface area contributed by atoms with E-state index in [2.05, 4.69) is 10.3 Å². The van der Waals surface area contributed by atoms with Crippen LogP contribution in [0.3, 0.4) is 0 Å². The summed E-state index contributed by atoms with van der Waals surface area (Å²) in [6, 6.07) is 9.35. The summed E-state index contributed by atoms with van der Waals surface area (Å²) in [7, 11) is 0. The average Bonchev–Trinajstić information content (AvgIpc) is 2.39. The largest absolute Gasteiger partial charge is 0.390 e. The predicted octanol–water partition coefficient (Wildman–Crippen LogP) is 1.95. The molecule has 0 bridgehead atoms. The van der Waals surface area contributed by atoms with E-state index in [1.807, 2.05) is 24.3 Å². The molecule has 2 rings (SSSR count). The van der Waals surface area contributed by atoms with Gasteiger partial charge in [0.25, 0.3) is 5.92 Å². The molecular weight excluding hydrogens is 238 g/mol. The molecular formula is C13H14F2N2O. The van der Waals surface area contributed by atoms with Gasteiger partial charge in [-0.15, -0.1) is 0 Å². The van der Waals surface area contributed by atoms with Crippen molar-refractivity contribution in [1.29, 1.82) is 0 Å². The molecule has 0 unspecified atom stereocenters. The van der Waals surface area contributed by atoms with Gasteiger partial charge in [0.05, 0.1) is 12.1 Å². The summed E-state index contributed by atoms with van der Waals surface area (Å²) >= 11 is 0. The molecule has 0 spiro atoms. The van der Waals surface area contributed by atoms with E-state index in [1.165, 1.54) is 0 Å². The number of para-hydroxylation sites is 1. The van der Waals surface area contributed by atoms with Crippen LogP contribution in [-0.4, -0.2) is 29.2 Å². The van der Waals surface area contributed by atoms with Crippen LogP contribution in [0.2, 0.25) is 0 Å². The molecule has 0 aliphatic heterocycles. The maximum atomic E-state index is 12.8. The Hall–Kier alpha value is -1.59. The van der Waals surface area contributed by atoms with Crippen LogP contribution in [-0.2, 0) is 6.54 Å². The number of halogens is 2. The van der Waals surface area contributed by atoms with Gasteiger partial charge in [0.1, 0.15) is 6.61 Å². The molecule has 1 aromatic carbocycles. The second kappa shape index (κ2) is 5.37. The second-order valence-electron chi connectivity index (χ2n) is 4.10. The Morgan fingerprint density at radius 3 is 2.78 bits per heavy atom. The number of fused-ring (bicyclic) bond motifs is 1. The van der Waals surface area contributed by atoms with Crippen LogP contribution in [0.1, 0.15) is 5.56 Å². The molecule has 0 atom stereocenters. The molecule has 0 fully saturated rings. The van der Waals surface area contributed by atoms with Gasteiger partial charge < -0.3 is 10.4 Å². The van der Waals surface area contributed by atoms with E-state index < -0.39 is 19.1 Å². The van der Waals surface area contributed by atoms with Crippen LogP contribution < -0.4 is 5.32 Å². The van der Waals surface area contributed by atoms with Gasteiger partial charge in [0, 0.05) is 18.1 Å². The van der Waals surface area contributed by atoms with Crippen LogP contribution in [0.5, 0.6) is 0 Å². The predicted molar refractivity (Wildman–Crippen MR) is 65.5 cm³/mol. The molecule has 18 heavy (non-hydrogen) atoms. The Kier molecular flexibility index (Phi) is 3.84. The normalized spacial score (nSPS) is 11.9. The SMILES string of the molecule is OCC(F)(F)CNCc1ccnc2ccccc12. The van der Waals surface area contributed by atoms with Crippen molar-refractivity contribution in [2.75, 3.05) is 13.2 Å². The number of alkyl halides is 2. The first-order valence-electron chi connectivity index (χ1n) is 5.64. The zero-order valence-electron chi connectivity index (χ0n) is 9.74. The lowest BCUT2D eigenvalue weighted by molar-refractivity contribution is -0.0477. The highest BCUT2D eigenvalue weighted by molar-refractivity contribution is 5.81. The Morgan fingerprint density at radius 2 is 2.00 bits per heavy atom. The molecule has 0 amide bonds. The minimum Gasteiger partial charge on any atom is -0.390 e. The maximum Gasteiger partial charge on any atom is 0.282 e. The van der Waals surface area contributed by atoms with Crippen molar-refractivity contribution >= 4 is 10.9 Å². The highest BCUT2D eigenvalue weighted by atomic mass is 19.3. The van der Waals surface area contributed by atoms with Crippen LogP contribution in [0.4, 0.5) is 8.78 Å². The number of aliphatic hydroxyl groups is 1. The van der Waals surface area contributed by atoms with Gasteiger partial charge >= 0.3 is 0 Å². The van der Waals surface area contributed by atoms with Crippen molar-refractivity contribution < 1.29 is 13.9 Å². The molecule has 0 saturated heterocycles. The van der Waals surface area contributed by atoms with Crippen molar-refractivity contribution in [2.24, 2.45) is 0 Å². The molecule has 5 heteroatoms. The van der Waals surface area contributed by atoms with Gasteiger partial charge in [-0.3, -0.25) is 4.98 Å². The molecule has 0 aliphatic rings. The highest BCUT2D eigenvalue weighted by Crippen LogP contribution is 2.16. The third kappa shape index (κ3) is 3.00. The summed E-state index contributed by atoms with van der Waals surface area (Å²) in [6.07, 6.45) is 1.66. The van der Waals surface area contributed by atoms with E-state index >= 15 is 0 Å². The lowest BCUT2D eigenvalue weighted by atomic mass is 10.1. The molecule has 0 saturated carbocycles. The second-order valence-corrected chi connectivity index (χ2v) is 4.10. The Labute approximate surface area is 103 Å². The lowest BCUT2D eigenvalue weighted by Gasteiger charge is -2.14. The van der Waals surface area contributed by atoms with Crippen LogP contribution in [0.15, 0.2) is 36.5 Å². The number of aliphatic hydroxyl groups excluding tert-OH is 1. The van der Waals surface area contributed by atoms with Crippen LogP contribution in [0, 0.1) is 0 Å². The van der Waals surface area contributed by atoms with Crippen molar-refractivity contribution in [3.8, 4) is 0 Å². The number of benzene rings is 1. The van der Waals surface area contributed by atoms with Crippen molar-refractivity contribution in [2.45, 2.75) is 12.5 Å². The highest BCUT2D eigenvalue weighted by Gasteiger charge is 2.26. The molecule has 96 valence electrons. The monoisotopic (exact) mass is 252 g/mol. The van der Waals surface area contributed by atoms with Gasteiger partial charge in [0.2, 0.25) is 0 Å². The van der Waals surface area contributed by atoms with E-state index in [1.54, 1.807) is 12.3 Å². The van der Waals surface area contributed by atoms with Gasteiger partial charge in [-0.2, -0.15) is 0 Å². The maximum absolute atomic E-state index is 12.8. The summed E-state index contributed by atoms with van der Waals surface area (Å²) in [5, 5.41) is 12.1. The fraction of sp³-hybridized carbons (Fsp3) is 0.308. The van der Waals surface area contributed by atoms with E-state index in [0.717, 1.165) is 16.5 Å². The number of nitrogens with zero attached hydrogens (tertiary/aromatic N) is 1. The minimum absolute atomic E-state index is 0.318. The number of hydrogen-bond donors (Lipinski definition) is 2. The topological polar surface area (TPSA) is 45.1 Å². The summed E-state index contributed by atoms with van der Waals surface area (Å²) in [5.74, 6) is -3.08. The fourth-order valence-electron chi connectivity index (χ4n) is 1.75. The summed E-state index contributed by atoms with van der Waals surface area (Å²) in [5.41, 5.74) is 1.75. The summed E-state index contributed by atoms with van der Waals surface area (Å²) in [6.45, 7) is -1.37. The van der Waals surface area contributed by atoms with E-state index in [0.29, 0.717) is 6.54 Å². The first-order chi connectivity index (χ1) is 8.62. The van der Waals surface area contributed by atoms with Gasteiger partial charge in [-0.1, -0.05) is 18.2 Å². The molecule has 1 aromatic heterocycles. The standard InChI is InChI=1S/C13H14F2N2O/c14-13(15,9-18)8-16-7-10-5-6-17-12-4-2-1-3-11(10)12/h1-6,16,18H,7-9H2. The number of pyridine rings is 1. The number of hydrogen-bond acceptors (Lipinski definition) is 3. The minimum atomic E-state index is -3.08. The molecule has 1 heterocycles.